The molecule has 0 radical (unpaired) electrons. The molecule has 0 saturated heterocycles. The van der Waals surface area contributed by atoms with Gasteiger partial charge in [0.05, 0.1) is 24.9 Å². The van der Waals surface area contributed by atoms with E-state index in [1.54, 1.807) is 12.1 Å². The van der Waals surface area contributed by atoms with E-state index in [1.807, 2.05) is 26.8 Å². The quantitative estimate of drug-likeness (QED) is 0.801. The van der Waals surface area contributed by atoms with Crippen molar-refractivity contribution in [3.63, 3.8) is 0 Å². The molecular formula is C13H17BrO3. The van der Waals surface area contributed by atoms with Crippen molar-refractivity contribution in [1.82, 2.24) is 0 Å². The maximum absolute atomic E-state index is 11.4. The Balaban J connectivity index is 2.87. The van der Waals surface area contributed by atoms with Crippen LogP contribution in [0, 0.1) is 0 Å². The molecule has 0 aliphatic carbocycles. The maximum atomic E-state index is 11.4. The van der Waals surface area contributed by atoms with Crippen LogP contribution in [0.25, 0.3) is 0 Å². The number of benzene rings is 1. The summed E-state index contributed by atoms with van der Waals surface area (Å²) in [5.74, 6) is -0.338. The lowest BCUT2D eigenvalue weighted by molar-refractivity contribution is -0.0152. The van der Waals surface area contributed by atoms with Gasteiger partial charge in [-0.15, -0.1) is 0 Å². The molecule has 0 aliphatic rings. The fraction of sp³-hybridized carbons (Fsp3) is 0.462. The molecule has 0 aromatic heterocycles. The van der Waals surface area contributed by atoms with Crippen molar-refractivity contribution in [2.24, 2.45) is 0 Å². The van der Waals surface area contributed by atoms with Crippen LogP contribution < -0.4 is 0 Å². The number of methoxy groups -OCH3 is 1. The standard InChI is InChI=1S/C13H17BrO3/c1-13(2,3)17-8-10-7-9(12(15)16-4)5-6-11(10)14/h5-7H,8H2,1-4H3. The summed E-state index contributed by atoms with van der Waals surface area (Å²) in [6.45, 7) is 6.43. The van der Waals surface area contributed by atoms with Gasteiger partial charge in [0.15, 0.2) is 0 Å². The van der Waals surface area contributed by atoms with Crippen molar-refractivity contribution in [2.75, 3.05) is 7.11 Å². The van der Waals surface area contributed by atoms with E-state index in [2.05, 4.69) is 20.7 Å². The van der Waals surface area contributed by atoms with Crippen molar-refractivity contribution in [1.29, 1.82) is 0 Å². The lowest BCUT2D eigenvalue weighted by atomic mass is 10.1. The van der Waals surface area contributed by atoms with Crippen molar-refractivity contribution in [2.45, 2.75) is 33.0 Å². The third kappa shape index (κ3) is 4.48. The fourth-order valence-corrected chi connectivity index (χ4v) is 1.59. The van der Waals surface area contributed by atoms with Crippen molar-refractivity contribution in [3.8, 4) is 0 Å². The van der Waals surface area contributed by atoms with Gasteiger partial charge in [0.25, 0.3) is 0 Å². The van der Waals surface area contributed by atoms with E-state index < -0.39 is 0 Å². The first-order valence-electron chi connectivity index (χ1n) is 5.34. The highest BCUT2D eigenvalue weighted by Crippen LogP contribution is 2.22. The Hall–Kier alpha value is -0.870. The molecule has 0 atom stereocenters. The minimum Gasteiger partial charge on any atom is -0.465 e. The zero-order valence-electron chi connectivity index (χ0n) is 10.5. The van der Waals surface area contributed by atoms with E-state index >= 15 is 0 Å². The predicted molar refractivity (Wildman–Crippen MR) is 70.0 cm³/mol. The van der Waals surface area contributed by atoms with Crippen molar-refractivity contribution < 1.29 is 14.3 Å². The number of esters is 1. The molecule has 0 aliphatic heterocycles. The number of rotatable bonds is 3. The van der Waals surface area contributed by atoms with Gasteiger partial charge in [-0.25, -0.2) is 4.79 Å². The van der Waals surface area contributed by atoms with Gasteiger partial charge in [0, 0.05) is 4.47 Å². The molecule has 1 rings (SSSR count). The largest absolute Gasteiger partial charge is 0.465 e. The van der Waals surface area contributed by atoms with Gasteiger partial charge in [-0.3, -0.25) is 0 Å². The minimum atomic E-state index is -0.338. The Labute approximate surface area is 110 Å². The van der Waals surface area contributed by atoms with Gasteiger partial charge >= 0.3 is 5.97 Å². The molecule has 0 bridgehead atoms. The third-order valence-electron chi connectivity index (χ3n) is 2.13. The molecule has 17 heavy (non-hydrogen) atoms. The number of carbonyl (C=O) groups excluding carboxylic acids is 1. The lowest BCUT2D eigenvalue weighted by Crippen LogP contribution is -2.19. The smallest absolute Gasteiger partial charge is 0.337 e. The summed E-state index contributed by atoms with van der Waals surface area (Å²) >= 11 is 3.44. The van der Waals surface area contributed by atoms with Gasteiger partial charge in [-0.1, -0.05) is 15.9 Å². The Morgan fingerprint density at radius 2 is 2.00 bits per heavy atom. The predicted octanol–water partition coefficient (Wildman–Crippen LogP) is 3.55. The van der Waals surface area contributed by atoms with E-state index in [0.29, 0.717) is 12.2 Å². The highest BCUT2D eigenvalue weighted by Gasteiger charge is 2.13. The molecule has 0 unspecified atom stereocenters. The average Bonchev–Trinajstić information content (AvgIpc) is 2.26. The number of hydrogen-bond donors (Lipinski definition) is 0. The molecule has 0 spiro atoms. The van der Waals surface area contributed by atoms with Crippen molar-refractivity contribution in [3.05, 3.63) is 33.8 Å². The highest BCUT2D eigenvalue weighted by molar-refractivity contribution is 9.10. The van der Waals surface area contributed by atoms with Crippen LogP contribution in [0.5, 0.6) is 0 Å². The zero-order chi connectivity index (χ0) is 13.1. The Bertz CT molecular complexity index is 408. The average molecular weight is 301 g/mol. The van der Waals surface area contributed by atoms with Crippen LogP contribution in [0.4, 0.5) is 0 Å². The molecule has 0 N–H and O–H groups in total. The van der Waals surface area contributed by atoms with Gasteiger partial charge in [-0.2, -0.15) is 0 Å². The second kappa shape index (κ2) is 5.65. The van der Waals surface area contributed by atoms with Crippen LogP contribution >= 0.6 is 15.9 Å². The SMILES string of the molecule is COC(=O)c1ccc(Br)c(COC(C)(C)C)c1. The topological polar surface area (TPSA) is 35.5 Å². The summed E-state index contributed by atoms with van der Waals surface area (Å²) in [6.07, 6.45) is 0. The Kier molecular flexibility index (Phi) is 4.71. The molecule has 0 saturated carbocycles. The summed E-state index contributed by atoms with van der Waals surface area (Å²) < 4.78 is 11.3. The summed E-state index contributed by atoms with van der Waals surface area (Å²) in [5.41, 5.74) is 1.26. The molecule has 3 nitrogen and oxygen atoms in total. The Morgan fingerprint density at radius 3 is 2.53 bits per heavy atom. The molecule has 1 aromatic rings. The van der Waals surface area contributed by atoms with Crippen LogP contribution in [0.3, 0.4) is 0 Å². The second-order valence-electron chi connectivity index (χ2n) is 4.70. The van der Waals surface area contributed by atoms with Gasteiger partial charge in [0.2, 0.25) is 0 Å². The number of ether oxygens (including phenoxy) is 2. The van der Waals surface area contributed by atoms with E-state index in [-0.39, 0.29) is 11.6 Å². The first kappa shape index (κ1) is 14.2. The molecular weight excluding hydrogens is 284 g/mol. The third-order valence-corrected chi connectivity index (χ3v) is 2.90. The van der Waals surface area contributed by atoms with Crippen LogP contribution in [-0.4, -0.2) is 18.7 Å². The summed E-state index contributed by atoms with van der Waals surface area (Å²) in [7, 11) is 1.37. The van der Waals surface area contributed by atoms with Gasteiger partial charge < -0.3 is 9.47 Å². The molecule has 1 aromatic carbocycles. The first-order valence-corrected chi connectivity index (χ1v) is 6.13. The van der Waals surface area contributed by atoms with E-state index in [9.17, 15) is 4.79 Å². The number of carbonyl (C=O) groups is 1. The van der Waals surface area contributed by atoms with E-state index in [1.165, 1.54) is 7.11 Å². The lowest BCUT2D eigenvalue weighted by Gasteiger charge is -2.20. The summed E-state index contributed by atoms with van der Waals surface area (Å²) in [5, 5.41) is 0. The van der Waals surface area contributed by atoms with Crippen LogP contribution in [0.15, 0.2) is 22.7 Å². The van der Waals surface area contributed by atoms with Gasteiger partial charge in [0.1, 0.15) is 0 Å². The monoisotopic (exact) mass is 300 g/mol. The maximum Gasteiger partial charge on any atom is 0.337 e. The zero-order valence-corrected chi connectivity index (χ0v) is 12.1. The van der Waals surface area contributed by atoms with Gasteiger partial charge in [-0.05, 0) is 44.5 Å². The molecule has 94 valence electrons. The molecule has 0 heterocycles. The second-order valence-corrected chi connectivity index (χ2v) is 5.55. The summed E-state index contributed by atoms with van der Waals surface area (Å²) in [6, 6.07) is 5.33. The summed E-state index contributed by atoms with van der Waals surface area (Å²) in [4.78, 5) is 11.4. The van der Waals surface area contributed by atoms with E-state index in [0.717, 1.165) is 10.0 Å². The highest BCUT2D eigenvalue weighted by atomic mass is 79.9. The first-order chi connectivity index (χ1) is 7.83. The minimum absolute atomic E-state index is 0.208. The number of halogens is 1. The molecule has 0 amide bonds. The Morgan fingerprint density at radius 1 is 1.35 bits per heavy atom. The van der Waals surface area contributed by atoms with Crippen LogP contribution in [0.2, 0.25) is 0 Å². The normalized spacial score (nSPS) is 11.4. The van der Waals surface area contributed by atoms with Crippen LogP contribution in [-0.2, 0) is 16.1 Å². The van der Waals surface area contributed by atoms with Crippen molar-refractivity contribution >= 4 is 21.9 Å². The molecule has 4 heteroatoms. The fourth-order valence-electron chi connectivity index (χ4n) is 1.22. The van der Waals surface area contributed by atoms with E-state index in [4.69, 9.17) is 4.74 Å². The van der Waals surface area contributed by atoms with Crippen LogP contribution in [0.1, 0.15) is 36.7 Å². The molecule has 0 fully saturated rings. The number of hydrogen-bond acceptors (Lipinski definition) is 3.